The minimum atomic E-state index is -3.38. The largest absolute Gasteiger partial charge is 0.341 e. The van der Waals surface area contributed by atoms with E-state index in [-0.39, 0.29) is 5.91 Å². The lowest BCUT2D eigenvalue weighted by Crippen LogP contribution is -2.52. The van der Waals surface area contributed by atoms with Crippen molar-refractivity contribution in [2.45, 2.75) is 31.4 Å². The number of nitrogens with zero attached hydrogens (tertiary/aromatic N) is 1. The molecule has 0 radical (unpaired) electrons. The molecule has 1 fully saturated rings. The van der Waals surface area contributed by atoms with Gasteiger partial charge in [0.15, 0.2) is 9.84 Å². The van der Waals surface area contributed by atoms with Gasteiger partial charge >= 0.3 is 0 Å². The maximum absolute atomic E-state index is 12.3. The molecular weight excluding hydrogens is 306 g/mol. The molecule has 17 heavy (non-hydrogen) atoms. The second-order valence-electron chi connectivity index (χ2n) is 5.20. The average molecular weight is 326 g/mol. The number of carbonyl (C=O) groups is 1. The van der Waals surface area contributed by atoms with Gasteiger partial charge in [0.05, 0.1) is 0 Å². The van der Waals surface area contributed by atoms with Crippen LogP contribution in [-0.2, 0) is 14.6 Å². The standard InChI is InChI=1S/C11H20BrNO3S/c1-11(2,17(3,15)16)10(14)13-6-4-5-9(7-12)8-13/h9H,4-8H2,1-3H3. The van der Waals surface area contributed by atoms with Gasteiger partial charge in [-0.1, -0.05) is 15.9 Å². The van der Waals surface area contributed by atoms with Gasteiger partial charge in [0.2, 0.25) is 5.91 Å². The fourth-order valence-corrected chi connectivity index (χ4v) is 2.89. The van der Waals surface area contributed by atoms with Crippen molar-refractivity contribution in [1.29, 1.82) is 0 Å². The van der Waals surface area contributed by atoms with Crippen LogP contribution in [-0.4, -0.2) is 48.6 Å². The molecule has 0 spiro atoms. The van der Waals surface area contributed by atoms with Crippen molar-refractivity contribution < 1.29 is 13.2 Å². The van der Waals surface area contributed by atoms with Crippen LogP contribution in [0.2, 0.25) is 0 Å². The smallest absolute Gasteiger partial charge is 0.243 e. The summed E-state index contributed by atoms with van der Waals surface area (Å²) in [5.41, 5.74) is 0. The summed E-state index contributed by atoms with van der Waals surface area (Å²) in [7, 11) is -3.38. The minimum absolute atomic E-state index is 0.273. The highest BCUT2D eigenvalue weighted by Crippen LogP contribution is 2.24. The molecule has 0 bridgehead atoms. The monoisotopic (exact) mass is 325 g/mol. The lowest BCUT2D eigenvalue weighted by molar-refractivity contribution is -0.134. The number of carbonyl (C=O) groups excluding carboxylic acids is 1. The Morgan fingerprint density at radius 1 is 1.47 bits per heavy atom. The average Bonchev–Trinajstić information content (AvgIpc) is 2.26. The quantitative estimate of drug-likeness (QED) is 0.738. The molecule has 0 N–H and O–H groups in total. The van der Waals surface area contributed by atoms with E-state index in [1.54, 1.807) is 4.90 Å². The van der Waals surface area contributed by atoms with Gasteiger partial charge in [0, 0.05) is 24.7 Å². The molecule has 6 heteroatoms. The number of rotatable bonds is 3. The number of alkyl halides is 1. The zero-order valence-corrected chi connectivity index (χ0v) is 13.0. The van der Waals surface area contributed by atoms with Crippen LogP contribution in [0.25, 0.3) is 0 Å². The first-order valence-corrected chi connectivity index (χ1v) is 8.76. The van der Waals surface area contributed by atoms with Crippen molar-refractivity contribution in [2.24, 2.45) is 5.92 Å². The molecule has 1 amide bonds. The molecule has 1 atom stereocenters. The van der Waals surface area contributed by atoms with E-state index in [1.165, 1.54) is 13.8 Å². The van der Waals surface area contributed by atoms with Crippen molar-refractivity contribution in [3.8, 4) is 0 Å². The van der Waals surface area contributed by atoms with Gasteiger partial charge in [-0.3, -0.25) is 4.79 Å². The normalized spacial score (nSPS) is 22.6. The van der Waals surface area contributed by atoms with Gasteiger partial charge in [-0.2, -0.15) is 0 Å². The molecule has 0 aromatic heterocycles. The molecule has 1 rings (SSSR count). The molecule has 0 aliphatic carbocycles. The van der Waals surface area contributed by atoms with Crippen LogP contribution in [0.1, 0.15) is 26.7 Å². The second-order valence-corrected chi connectivity index (χ2v) is 8.41. The Hall–Kier alpha value is -0.100. The summed E-state index contributed by atoms with van der Waals surface area (Å²) in [6, 6.07) is 0. The van der Waals surface area contributed by atoms with Crippen molar-refractivity contribution in [1.82, 2.24) is 4.90 Å². The predicted octanol–water partition coefficient (Wildman–Crippen LogP) is 1.44. The van der Waals surface area contributed by atoms with Gasteiger partial charge in [-0.15, -0.1) is 0 Å². The van der Waals surface area contributed by atoms with Gasteiger partial charge < -0.3 is 4.90 Å². The molecule has 1 aliphatic rings. The summed E-state index contributed by atoms with van der Waals surface area (Å²) in [6.07, 6.45) is 3.16. The van der Waals surface area contributed by atoms with Crippen molar-refractivity contribution in [3.63, 3.8) is 0 Å². The van der Waals surface area contributed by atoms with Crippen molar-refractivity contribution >= 4 is 31.7 Å². The van der Waals surface area contributed by atoms with Crippen LogP contribution < -0.4 is 0 Å². The fraction of sp³-hybridized carbons (Fsp3) is 0.909. The van der Waals surface area contributed by atoms with E-state index < -0.39 is 14.6 Å². The van der Waals surface area contributed by atoms with E-state index >= 15 is 0 Å². The fourth-order valence-electron chi connectivity index (χ4n) is 1.91. The van der Waals surface area contributed by atoms with Crippen LogP contribution in [0.15, 0.2) is 0 Å². The number of halogens is 1. The third kappa shape index (κ3) is 3.22. The Balaban J connectivity index is 2.83. The maximum atomic E-state index is 12.3. The molecule has 100 valence electrons. The van der Waals surface area contributed by atoms with E-state index in [0.717, 1.165) is 24.4 Å². The zero-order chi connectivity index (χ0) is 13.3. The Morgan fingerprint density at radius 2 is 2.06 bits per heavy atom. The lowest BCUT2D eigenvalue weighted by atomic mass is 9.99. The number of sulfone groups is 1. The number of hydrogen-bond acceptors (Lipinski definition) is 3. The SMILES string of the molecule is CC(C)(C(=O)N1CCCC(CBr)C1)S(C)(=O)=O. The number of likely N-dealkylation sites (tertiary alicyclic amines) is 1. The van der Waals surface area contributed by atoms with Gasteiger partial charge in [-0.25, -0.2) is 8.42 Å². The Kier molecular flexibility index (Phi) is 4.63. The predicted molar refractivity (Wildman–Crippen MR) is 72.0 cm³/mol. The van der Waals surface area contributed by atoms with Gasteiger partial charge in [0.25, 0.3) is 0 Å². The van der Waals surface area contributed by atoms with E-state index in [2.05, 4.69) is 15.9 Å². The number of piperidine rings is 1. The number of hydrogen-bond donors (Lipinski definition) is 0. The first kappa shape index (κ1) is 15.0. The van der Waals surface area contributed by atoms with E-state index in [1.807, 2.05) is 0 Å². The molecule has 1 aliphatic heterocycles. The van der Waals surface area contributed by atoms with Crippen LogP contribution in [0, 0.1) is 5.92 Å². The number of amides is 1. The van der Waals surface area contributed by atoms with Gasteiger partial charge in [0.1, 0.15) is 4.75 Å². The Morgan fingerprint density at radius 3 is 2.53 bits per heavy atom. The second kappa shape index (κ2) is 5.26. The topological polar surface area (TPSA) is 54.5 Å². The summed E-state index contributed by atoms with van der Waals surface area (Å²) in [5.74, 6) is 0.161. The molecule has 1 heterocycles. The summed E-state index contributed by atoms with van der Waals surface area (Å²) in [5, 5.41) is 0.857. The minimum Gasteiger partial charge on any atom is -0.341 e. The lowest BCUT2D eigenvalue weighted by Gasteiger charge is -2.36. The van der Waals surface area contributed by atoms with Crippen LogP contribution >= 0.6 is 15.9 Å². The maximum Gasteiger partial charge on any atom is 0.243 e. The first-order chi connectivity index (χ1) is 7.70. The zero-order valence-electron chi connectivity index (χ0n) is 10.6. The molecule has 1 unspecified atom stereocenters. The summed E-state index contributed by atoms with van der Waals surface area (Å²) in [6.45, 7) is 4.30. The van der Waals surface area contributed by atoms with Crippen LogP contribution in [0.4, 0.5) is 0 Å². The summed E-state index contributed by atoms with van der Waals surface area (Å²) in [4.78, 5) is 14.0. The molecule has 0 saturated carbocycles. The molecule has 4 nitrogen and oxygen atoms in total. The third-order valence-corrected chi connectivity index (χ3v) is 6.41. The third-order valence-electron chi connectivity index (χ3n) is 3.47. The van der Waals surface area contributed by atoms with Crippen molar-refractivity contribution in [3.05, 3.63) is 0 Å². The highest BCUT2D eigenvalue weighted by Gasteiger charge is 2.42. The first-order valence-electron chi connectivity index (χ1n) is 5.75. The highest BCUT2D eigenvalue weighted by molar-refractivity contribution is 9.09. The van der Waals surface area contributed by atoms with E-state index in [4.69, 9.17) is 0 Å². The van der Waals surface area contributed by atoms with Crippen molar-refractivity contribution in [2.75, 3.05) is 24.7 Å². The van der Waals surface area contributed by atoms with Gasteiger partial charge in [-0.05, 0) is 32.6 Å². The summed E-state index contributed by atoms with van der Waals surface area (Å²) >= 11 is 3.42. The van der Waals surface area contributed by atoms with Crippen LogP contribution in [0.3, 0.4) is 0 Å². The van der Waals surface area contributed by atoms with E-state index in [0.29, 0.717) is 19.0 Å². The molecular formula is C11H20BrNO3S. The van der Waals surface area contributed by atoms with E-state index in [9.17, 15) is 13.2 Å². The molecule has 0 aromatic rings. The highest BCUT2D eigenvalue weighted by atomic mass is 79.9. The molecule has 1 saturated heterocycles. The summed E-state index contributed by atoms with van der Waals surface area (Å²) < 4.78 is 21.9. The Bertz CT molecular complexity index is 392. The molecule has 0 aromatic carbocycles. The Labute approximate surface area is 112 Å². The van der Waals surface area contributed by atoms with Crippen LogP contribution in [0.5, 0.6) is 0 Å².